The molecule has 1 aliphatic rings. The summed E-state index contributed by atoms with van der Waals surface area (Å²) in [5.74, 6) is -0.721. The fourth-order valence-electron chi connectivity index (χ4n) is 1.85. The van der Waals surface area contributed by atoms with Gasteiger partial charge in [0.25, 0.3) is 5.91 Å². The van der Waals surface area contributed by atoms with Crippen molar-refractivity contribution in [1.82, 2.24) is 0 Å². The lowest BCUT2D eigenvalue weighted by atomic mass is 10.3. The SMILES string of the molecule is O=C(C[NH+]1CCOCC1)Nc1ccc(Cl)cc1F. The summed E-state index contributed by atoms with van der Waals surface area (Å²) in [6.45, 7) is 3.26. The summed E-state index contributed by atoms with van der Waals surface area (Å²) in [5, 5.41) is 2.86. The van der Waals surface area contributed by atoms with Gasteiger partial charge in [-0.15, -0.1) is 0 Å². The van der Waals surface area contributed by atoms with Gasteiger partial charge in [-0.3, -0.25) is 4.79 Å². The summed E-state index contributed by atoms with van der Waals surface area (Å²) in [5.41, 5.74) is 0.164. The van der Waals surface area contributed by atoms with Crippen LogP contribution in [0.5, 0.6) is 0 Å². The zero-order chi connectivity index (χ0) is 13.0. The summed E-state index contributed by atoms with van der Waals surface area (Å²) in [4.78, 5) is 12.9. The summed E-state index contributed by atoms with van der Waals surface area (Å²) in [7, 11) is 0. The molecule has 0 aromatic heterocycles. The van der Waals surface area contributed by atoms with Gasteiger partial charge in [-0.2, -0.15) is 0 Å². The van der Waals surface area contributed by atoms with E-state index in [1.165, 1.54) is 12.1 Å². The Morgan fingerprint density at radius 2 is 2.17 bits per heavy atom. The molecule has 0 radical (unpaired) electrons. The van der Waals surface area contributed by atoms with Gasteiger partial charge in [0.1, 0.15) is 18.9 Å². The van der Waals surface area contributed by atoms with Crippen LogP contribution in [0.1, 0.15) is 0 Å². The van der Waals surface area contributed by atoms with E-state index in [1.54, 1.807) is 6.07 Å². The van der Waals surface area contributed by atoms with E-state index in [1.807, 2.05) is 0 Å². The highest BCUT2D eigenvalue weighted by molar-refractivity contribution is 6.30. The first kappa shape index (κ1) is 13.3. The van der Waals surface area contributed by atoms with Gasteiger partial charge in [0.05, 0.1) is 18.9 Å². The largest absolute Gasteiger partial charge is 0.370 e. The molecular weight excluding hydrogens is 259 g/mol. The summed E-state index contributed by atoms with van der Waals surface area (Å²) < 4.78 is 18.7. The van der Waals surface area contributed by atoms with Gasteiger partial charge in [-0.05, 0) is 18.2 Å². The lowest BCUT2D eigenvalue weighted by Gasteiger charge is -2.23. The smallest absolute Gasteiger partial charge is 0.279 e. The van der Waals surface area contributed by atoms with Crippen molar-refractivity contribution >= 4 is 23.2 Å². The van der Waals surface area contributed by atoms with Crippen LogP contribution in [0.3, 0.4) is 0 Å². The van der Waals surface area contributed by atoms with Gasteiger partial charge in [0.15, 0.2) is 6.54 Å². The van der Waals surface area contributed by atoms with Crippen LogP contribution in [0.2, 0.25) is 5.02 Å². The second kappa shape index (κ2) is 6.13. The molecule has 6 heteroatoms. The molecule has 0 unspecified atom stereocenters. The Morgan fingerprint density at radius 1 is 1.44 bits per heavy atom. The van der Waals surface area contributed by atoms with Crippen LogP contribution in [0, 0.1) is 5.82 Å². The lowest BCUT2D eigenvalue weighted by molar-refractivity contribution is -0.899. The van der Waals surface area contributed by atoms with Crippen molar-refractivity contribution in [3.8, 4) is 0 Å². The van der Waals surface area contributed by atoms with Gasteiger partial charge in [0.2, 0.25) is 0 Å². The molecule has 0 saturated carbocycles. The molecule has 1 aromatic carbocycles. The number of ether oxygens (including phenoxy) is 1. The topological polar surface area (TPSA) is 42.8 Å². The van der Waals surface area contributed by atoms with Gasteiger partial charge in [-0.1, -0.05) is 11.6 Å². The third kappa shape index (κ3) is 3.66. The molecule has 18 heavy (non-hydrogen) atoms. The van der Waals surface area contributed by atoms with Crippen molar-refractivity contribution < 1.29 is 18.8 Å². The predicted octanol–water partition coefficient (Wildman–Crippen LogP) is 0.333. The third-order valence-electron chi connectivity index (χ3n) is 2.82. The van der Waals surface area contributed by atoms with Gasteiger partial charge in [0, 0.05) is 5.02 Å². The fourth-order valence-corrected chi connectivity index (χ4v) is 2.01. The highest BCUT2D eigenvalue weighted by Crippen LogP contribution is 2.18. The number of hydrogen-bond acceptors (Lipinski definition) is 2. The van der Waals surface area contributed by atoms with Crippen LogP contribution >= 0.6 is 11.6 Å². The van der Waals surface area contributed by atoms with Crippen molar-refractivity contribution in [3.63, 3.8) is 0 Å². The maximum absolute atomic E-state index is 13.5. The molecule has 1 aromatic rings. The first-order valence-corrected chi connectivity index (χ1v) is 6.19. The van der Waals surface area contributed by atoms with Gasteiger partial charge < -0.3 is 15.0 Å². The standard InChI is InChI=1S/C12H14ClFN2O2/c13-9-1-2-11(10(14)7-9)15-12(17)8-16-3-5-18-6-4-16/h1-2,7H,3-6,8H2,(H,15,17)/p+1. The molecule has 0 aliphatic carbocycles. The molecule has 0 bridgehead atoms. The van der Waals surface area contributed by atoms with E-state index in [-0.39, 0.29) is 11.6 Å². The number of amides is 1. The Bertz CT molecular complexity index is 436. The predicted molar refractivity (Wildman–Crippen MR) is 66.4 cm³/mol. The first-order valence-electron chi connectivity index (χ1n) is 5.81. The highest BCUT2D eigenvalue weighted by Gasteiger charge is 2.18. The Morgan fingerprint density at radius 3 is 2.83 bits per heavy atom. The molecule has 4 nitrogen and oxygen atoms in total. The summed E-state index contributed by atoms with van der Waals surface area (Å²) in [6.07, 6.45) is 0. The zero-order valence-corrected chi connectivity index (χ0v) is 10.6. The monoisotopic (exact) mass is 273 g/mol. The second-order valence-electron chi connectivity index (χ2n) is 4.21. The normalized spacial score (nSPS) is 16.6. The Kier molecular flexibility index (Phi) is 4.52. The van der Waals surface area contributed by atoms with Gasteiger partial charge in [-0.25, -0.2) is 4.39 Å². The molecule has 1 saturated heterocycles. The minimum absolute atomic E-state index is 0.164. The number of carbonyl (C=O) groups is 1. The molecule has 1 amide bonds. The average molecular weight is 274 g/mol. The third-order valence-corrected chi connectivity index (χ3v) is 3.05. The van der Waals surface area contributed by atoms with Crippen molar-refractivity contribution in [3.05, 3.63) is 29.0 Å². The van der Waals surface area contributed by atoms with E-state index in [4.69, 9.17) is 16.3 Å². The average Bonchev–Trinajstić information content (AvgIpc) is 2.34. The maximum atomic E-state index is 13.5. The summed E-state index contributed by atoms with van der Waals surface area (Å²) in [6, 6.07) is 4.19. The van der Waals surface area contributed by atoms with Gasteiger partial charge >= 0.3 is 0 Å². The van der Waals surface area contributed by atoms with Crippen molar-refractivity contribution in [2.75, 3.05) is 38.2 Å². The van der Waals surface area contributed by atoms with E-state index >= 15 is 0 Å². The van der Waals surface area contributed by atoms with Crippen LogP contribution in [-0.4, -0.2) is 38.8 Å². The van der Waals surface area contributed by atoms with E-state index < -0.39 is 5.82 Å². The van der Waals surface area contributed by atoms with Crippen molar-refractivity contribution in [1.29, 1.82) is 0 Å². The molecule has 0 atom stereocenters. The van der Waals surface area contributed by atoms with Crippen LogP contribution < -0.4 is 10.2 Å². The number of anilines is 1. The van der Waals surface area contributed by atoms with Crippen molar-refractivity contribution in [2.24, 2.45) is 0 Å². The maximum Gasteiger partial charge on any atom is 0.279 e. The number of nitrogens with one attached hydrogen (secondary N) is 2. The van der Waals surface area contributed by atoms with E-state index in [9.17, 15) is 9.18 Å². The molecule has 1 aliphatic heterocycles. The number of carbonyl (C=O) groups excluding carboxylic acids is 1. The van der Waals surface area contributed by atoms with E-state index in [2.05, 4.69) is 5.32 Å². The lowest BCUT2D eigenvalue weighted by Crippen LogP contribution is -3.15. The Hall–Kier alpha value is -1.17. The molecule has 2 N–H and O–H groups in total. The van der Waals surface area contributed by atoms with E-state index in [0.29, 0.717) is 24.8 Å². The second-order valence-corrected chi connectivity index (χ2v) is 4.65. The molecule has 2 rings (SSSR count). The van der Waals surface area contributed by atoms with Crippen molar-refractivity contribution in [2.45, 2.75) is 0 Å². The van der Waals surface area contributed by atoms with Crippen LogP contribution in [0.4, 0.5) is 10.1 Å². The minimum atomic E-state index is -0.521. The quantitative estimate of drug-likeness (QED) is 0.834. The number of hydrogen-bond donors (Lipinski definition) is 2. The van der Waals surface area contributed by atoms with Crippen LogP contribution in [-0.2, 0) is 9.53 Å². The van der Waals surface area contributed by atoms with E-state index in [0.717, 1.165) is 18.0 Å². The fraction of sp³-hybridized carbons (Fsp3) is 0.417. The molecule has 0 spiro atoms. The number of quaternary nitrogens is 1. The molecular formula is C12H15ClFN2O2+. The zero-order valence-electron chi connectivity index (χ0n) is 9.84. The summed E-state index contributed by atoms with van der Waals surface area (Å²) >= 11 is 5.64. The molecule has 1 heterocycles. The Balaban J connectivity index is 1.90. The number of benzene rings is 1. The first-order chi connectivity index (χ1) is 8.65. The Labute approximate surface area is 110 Å². The number of morpholine rings is 1. The van der Waals surface area contributed by atoms with Crippen LogP contribution in [0.15, 0.2) is 18.2 Å². The molecule has 98 valence electrons. The van der Waals surface area contributed by atoms with Crippen LogP contribution in [0.25, 0.3) is 0 Å². The minimum Gasteiger partial charge on any atom is -0.370 e. The number of rotatable bonds is 3. The highest BCUT2D eigenvalue weighted by atomic mass is 35.5. The molecule has 1 fully saturated rings. The number of halogens is 2.